The molecule has 0 aliphatic heterocycles. The molecule has 0 saturated heterocycles. The van der Waals surface area contributed by atoms with E-state index in [2.05, 4.69) is 42.5 Å². The van der Waals surface area contributed by atoms with Gasteiger partial charge < -0.3 is 9.88 Å². The monoisotopic (exact) mass is 330 g/mol. The molecule has 1 heterocycles. The Morgan fingerprint density at radius 3 is 2.44 bits per heavy atom. The molecule has 1 amide bonds. The summed E-state index contributed by atoms with van der Waals surface area (Å²) in [7, 11) is 2.00. The summed E-state index contributed by atoms with van der Waals surface area (Å²) in [6.45, 7) is 6.22. The van der Waals surface area contributed by atoms with Crippen LogP contribution in [0.5, 0.6) is 0 Å². The highest BCUT2D eigenvalue weighted by atomic mass is 16.1. The molecule has 25 heavy (non-hydrogen) atoms. The third kappa shape index (κ3) is 4.10. The Balaban J connectivity index is 1.74. The van der Waals surface area contributed by atoms with E-state index in [-0.39, 0.29) is 11.3 Å². The fourth-order valence-corrected chi connectivity index (χ4v) is 2.53. The Morgan fingerprint density at radius 2 is 1.76 bits per heavy atom. The van der Waals surface area contributed by atoms with Crippen LogP contribution in [0.3, 0.4) is 0 Å². The standard InChI is InChI=1S/C22H22N2O/c1-22(2,3)13-11-16-5-7-17(8-6-16)21(25)23-19-9-10-20-18(15-19)12-14-24(20)4/h5-10,12,14-15H,1-4H3,(H,23,25). The maximum Gasteiger partial charge on any atom is 0.255 e. The quantitative estimate of drug-likeness (QED) is 0.671. The zero-order valence-corrected chi connectivity index (χ0v) is 15.1. The fourth-order valence-electron chi connectivity index (χ4n) is 2.53. The smallest absolute Gasteiger partial charge is 0.255 e. The molecule has 0 aliphatic rings. The van der Waals surface area contributed by atoms with Gasteiger partial charge in [-0.1, -0.05) is 11.8 Å². The van der Waals surface area contributed by atoms with Crippen LogP contribution in [-0.4, -0.2) is 10.5 Å². The molecule has 1 N–H and O–H groups in total. The highest BCUT2D eigenvalue weighted by Gasteiger charge is 2.08. The van der Waals surface area contributed by atoms with Crippen molar-refractivity contribution in [2.24, 2.45) is 12.5 Å². The van der Waals surface area contributed by atoms with Crippen LogP contribution in [0.2, 0.25) is 0 Å². The molecule has 3 heteroatoms. The first-order valence-corrected chi connectivity index (χ1v) is 8.31. The van der Waals surface area contributed by atoms with E-state index in [0.717, 1.165) is 22.2 Å². The second-order valence-corrected chi connectivity index (χ2v) is 7.23. The number of hydrogen-bond donors (Lipinski definition) is 1. The van der Waals surface area contributed by atoms with Gasteiger partial charge in [-0.15, -0.1) is 0 Å². The summed E-state index contributed by atoms with van der Waals surface area (Å²) in [5.74, 6) is 6.21. The van der Waals surface area contributed by atoms with Gasteiger partial charge in [-0.2, -0.15) is 0 Å². The number of nitrogens with zero attached hydrogens (tertiary/aromatic N) is 1. The zero-order valence-electron chi connectivity index (χ0n) is 15.1. The number of anilines is 1. The highest BCUT2D eigenvalue weighted by Crippen LogP contribution is 2.20. The lowest BCUT2D eigenvalue weighted by Crippen LogP contribution is -2.11. The number of amides is 1. The SMILES string of the molecule is Cn1ccc2cc(NC(=O)c3ccc(C#CC(C)(C)C)cc3)ccc21. The predicted molar refractivity (Wildman–Crippen MR) is 104 cm³/mol. The minimum Gasteiger partial charge on any atom is -0.351 e. The maximum absolute atomic E-state index is 12.4. The van der Waals surface area contributed by atoms with E-state index < -0.39 is 0 Å². The van der Waals surface area contributed by atoms with Gasteiger partial charge in [0, 0.05) is 46.4 Å². The second kappa shape index (κ2) is 6.49. The molecule has 0 bridgehead atoms. The molecule has 0 fully saturated rings. The molecule has 0 spiro atoms. The third-order valence-electron chi connectivity index (χ3n) is 3.87. The Hall–Kier alpha value is -2.99. The first-order valence-electron chi connectivity index (χ1n) is 8.31. The second-order valence-electron chi connectivity index (χ2n) is 7.23. The molecule has 3 aromatic rings. The van der Waals surface area contributed by atoms with Crippen LogP contribution in [0.4, 0.5) is 5.69 Å². The number of hydrogen-bond acceptors (Lipinski definition) is 1. The van der Waals surface area contributed by atoms with Gasteiger partial charge in [0.15, 0.2) is 0 Å². The van der Waals surface area contributed by atoms with Crippen molar-refractivity contribution < 1.29 is 4.79 Å². The van der Waals surface area contributed by atoms with Crippen molar-refractivity contribution in [3.63, 3.8) is 0 Å². The van der Waals surface area contributed by atoms with E-state index in [1.807, 2.05) is 61.8 Å². The van der Waals surface area contributed by atoms with E-state index in [1.165, 1.54) is 0 Å². The molecule has 0 radical (unpaired) electrons. The van der Waals surface area contributed by atoms with Crippen LogP contribution in [0.25, 0.3) is 10.9 Å². The molecular weight excluding hydrogens is 308 g/mol. The summed E-state index contributed by atoms with van der Waals surface area (Å²) in [4.78, 5) is 12.4. The van der Waals surface area contributed by atoms with E-state index in [4.69, 9.17) is 0 Å². The number of carbonyl (C=O) groups is 1. The van der Waals surface area contributed by atoms with Crippen molar-refractivity contribution in [1.82, 2.24) is 4.57 Å². The van der Waals surface area contributed by atoms with E-state index in [0.29, 0.717) is 5.56 Å². The van der Waals surface area contributed by atoms with Gasteiger partial charge in [0.1, 0.15) is 0 Å². The molecule has 3 rings (SSSR count). The van der Waals surface area contributed by atoms with Crippen LogP contribution in [0.15, 0.2) is 54.7 Å². The lowest BCUT2D eigenvalue weighted by Gasteiger charge is -2.07. The first kappa shape index (κ1) is 16.9. The number of nitrogens with one attached hydrogen (secondary N) is 1. The molecule has 0 aliphatic carbocycles. The summed E-state index contributed by atoms with van der Waals surface area (Å²) in [6, 6.07) is 15.3. The van der Waals surface area contributed by atoms with E-state index >= 15 is 0 Å². The van der Waals surface area contributed by atoms with Crippen LogP contribution in [-0.2, 0) is 7.05 Å². The highest BCUT2D eigenvalue weighted by molar-refractivity contribution is 6.05. The van der Waals surface area contributed by atoms with Crippen LogP contribution in [0.1, 0.15) is 36.7 Å². The van der Waals surface area contributed by atoms with Gasteiger partial charge in [0.25, 0.3) is 5.91 Å². The number of aryl methyl sites for hydroxylation is 1. The molecule has 0 saturated carbocycles. The van der Waals surface area contributed by atoms with Crippen LogP contribution >= 0.6 is 0 Å². The number of benzene rings is 2. The number of fused-ring (bicyclic) bond motifs is 1. The minimum absolute atomic E-state index is 0.0356. The summed E-state index contributed by atoms with van der Waals surface area (Å²) in [6.07, 6.45) is 2.01. The normalized spacial score (nSPS) is 11.0. The number of carbonyl (C=O) groups excluding carboxylic acids is 1. The molecule has 126 valence electrons. The minimum atomic E-state index is -0.120. The van der Waals surface area contributed by atoms with Gasteiger partial charge in [-0.25, -0.2) is 0 Å². The summed E-state index contributed by atoms with van der Waals surface area (Å²) >= 11 is 0. The van der Waals surface area contributed by atoms with Gasteiger partial charge >= 0.3 is 0 Å². The van der Waals surface area contributed by atoms with Crippen molar-refractivity contribution in [3.05, 3.63) is 65.9 Å². The van der Waals surface area contributed by atoms with Crippen molar-refractivity contribution in [2.45, 2.75) is 20.8 Å². The van der Waals surface area contributed by atoms with Crippen LogP contribution < -0.4 is 5.32 Å². The fraction of sp³-hybridized carbons (Fsp3) is 0.227. The summed E-state index contributed by atoms with van der Waals surface area (Å²) in [5, 5.41) is 4.06. The topological polar surface area (TPSA) is 34.0 Å². The van der Waals surface area contributed by atoms with Crippen molar-refractivity contribution >= 4 is 22.5 Å². The lowest BCUT2D eigenvalue weighted by molar-refractivity contribution is 0.102. The third-order valence-corrected chi connectivity index (χ3v) is 3.87. The molecule has 0 atom stereocenters. The number of rotatable bonds is 2. The van der Waals surface area contributed by atoms with Crippen molar-refractivity contribution in [3.8, 4) is 11.8 Å². The average Bonchev–Trinajstić information content (AvgIpc) is 2.93. The Kier molecular flexibility index (Phi) is 4.37. The molecule has 3 nitrogen and oxygen atoms in total. The molecule has 1 aromatic heterocycles. The van der Waals surface area contributed by atoms with Gasteiger partial charge in [-0.3, -0.25) is 4.79 Å². The van der Waals surface area contributed by atoms with Gasteiger partial charge in [0.05, 0.1) is 0 Å². The van der Waals surface area contributed by atoms with Crippen molar-refractivity contribution in [2.75, 3.05) is 5.32 Å². The van der Waals surface area contributed by atoms with E-state index in [1.54, 1.807) is 0 Å². The summed E-state index contributed by atoms with van der Waals surface area (Å²) < 4.78 is 2.05. The van der Waals surface area contributed by atoms with Gasteiger partial charge in [0.2, 0.25) is 0 Å². The largest absolute Gasteiger partial charge is 0.351 e. The Morgan fingerprint density at radius 1 is 1.04 bits per heavy atom. The Bertz CT molecular complexity index is 977. The average molecular weight is 330 g/mol. The summed E-state index contributed by atoms with van der Waals surface area (Å²) in [5.41, 5.74) is 3.43. The van der Waals surface area contributed by atoms with E-state index in [9.17, 15) is 4.79 Å². The number of aromatic nitrogens is 1. The predicted octanol–water partition coefficient (Wildman–Crippen LogP) is 4.83. The molecule has 2 aromatic carbocycles. The van der Waals surface area contributed by atoms with Crippen LogP contribution in [0, 0.1) is 17.3 Å². The first-order chi connectivity index (χ1) is 11.8. The molecular formula is C22H22N2O. The zero-order chi connectivity index (χ0) is 18.0. The Labute approximate surface area is 148 Å². The lowest BCUT2D eigenvalue weighted by atomic mass is 9.97. The van der Waals surface area contributed by atoms with Crippen molar-refractivity contribution in [1.29, 1.82) is 0 Å². The maximum atomic E-state index is 12.4. The molecule has 0 unspecified atom stereocenters. The van der Waals surface area contributed by atoms with Gasteiger partial charge in [-0.05, 0) is 69.3 Å².